The predicted octanol–water partition coefficient (Wildman–Crippen LogP) is 3.25. The summed E-state index contributed by atoms with van der Waals surface area (Å²) in [6.45, 7) is 0.999. The van der Waals surface area contributed by atoms with Crippen molar-refractivity contribution in [3.8, 4) is 0 Å². The Kier molecular flexibility index (Phi) is 3.37. The minimum absolute atomic E-state index is 0.0206. The Balaban J connectivity index is 1.47. The summed E-state index contributed by atoms with van der Waals surface area (Å²) in [6, 6.07) is 15.7. The molecule has 7 nitrogen and oxygen atoms in total. The van der Waals surface area contributed by atoms with Gasteiger partial charge in [0, 0.05) is 22.6 Å². The van der Waals surface area contributed by atoms with Crippen LogP contribution in [0, 0.1) is 0 Å². The quantitative estimate of drug-likeness (QED) is 0.695. The minimum Gasteiger partial charge on any atom is -0.430 e. The zero-order chi connectivity index (χ0) is 20.7. The van der Waals surface area contributed by atoms with Gasteiger partial charge in [0.25, 0.3) is 0 Å². The number of ether oxygens (including phenoxy) is 4. The molecule has 2 bridgehead atoms. The topological polar surface area (TPSA) is 74.3 Å². The van der Waals surface area contributed by atoms with Gasteiger partial charge < -0.3 is 23.8 Å². The normalized spacial score (nSPS) is 32.3. The van der Waals surface area contributed by atoms with Gasteiger partial charge in [-0.15, -0.1) is 0 Å². The fourth-order valence-corrected chi connectivity index (χ4v) is 5.73. The first-order valence-electron chi connectivity index (χ1n) is 10.6. The molecule has 0 saturated carbocycles. The van der Waals surface area contributed by atoms with Crippen LogP contribution in [0.15, 0.2) is 59.8 Å². The number of nitrogens with zero attached hydrogens (tertiary/aromatic N) is 1. The van der Waals surface area contributed by atoms with Gasteiger partial charge in [-0.1, -0.05) is 42.5 Å². The standard InChI is InChI=1S/C24H19NO6/c26-21-16-6-2-1-5-15(16)17-9-13-12-29-24(31-13)18-7-3-4-8-19(18)25(22(24)20(17)21)10-14-11-28-23(27)30-14/h1-8,13-14,17H,9-12H2/t13-,14+,17?,24-/m1/s1. The highest BCUT2D eigenvalue weighted by atomic mass is 16.8. The smallest absolute Gasteiger partial charge is 0.430 e. The fraction of sp³-hybridized carbons (Fsp3) is 0.333. The Morgan fingerprint density at radius 2 is 1.87 bits per heavy atom. The molecule has 2 saturated heterocycles. The Morgan fingerprint density at radius 1 is 1.03 bits per heavy atom. The van der Waals surface area contributed by atoms with E-state index in [4.69, 9.17) is 18.9 Å². The maximum atomic E-state index is 13.7. The Hall–Kier alpha value is -3.16. The van der Waals surface area contributed by atoms with Crippen molar-refractivity contribution in [1.29, 1.82) is 0 Å². The number of ketones is 1. The SMILES string of the molecule is O=C1OC[C@H](CN2C3=C4C(=O)c5ccccc5C4C[C@@H]4CO[C@@]3(O4)c3ccccc32)O1. The highest BCUT2D eigenvalue weighted by molar-refractivity contribution is 6.15. The summed E-state index contributed by atoms with van der Waals surface area (Å²) in [5, 5.41) is 0. The molecule has 7 rings (SSSR count). The zero-order valence-electron chi connectivity index (χ0n) is 16.6. The number of carbonyl (C=O) groups excluding carboxylic acids is 2. The largest absolute Gasteiger partial charge is 0.508 e. The van der Waals surface area contributed by atoms with E-state index >= 15 is 0 Å². The van der Waals surface area contributed by atoms with E-state index in [1.807, 2.05) is 53.4 Å². The number of carbonyl (C=O) groups is 2. The van der Waals surface area contributed by atoms with Crippen LogP contribution < -0.4 is 4.90 Å². The third kappa shape index (κ3) is 2.20. The molecule has 156 valence electrons. The number of cyclic esters (lactones) is 2. The molecule has 0 amide bonds. The number of hydrogen-bond donors (Lipinski definition) is 0. The van der Waals surface area contributed by atoms with Crippen LogP contribution >= 0.6 is 0 Å². The lowest BCUT2D eigenvalue weighted by atomic mass is 9.89. The maximum Gasteiger partial charge on any atom is 0.508 e. The molecule has 0 N–H and O–H groups in total. The van der Waals surface area contributed by atoms with Crippen molar-refractivity contribution >= 4 is 17.6 Å². The van der Waals surface area contributed by atoms with Gasteiger partial charge in [0.15, 0.2) is 11.9 Å². The molecule has 4 aliphatic heterocycles. The maximum absolute atomic E-state index is 13.7. The molecular weight excluding hydrogens is 398 g/mol. The van der Waals surface area contributed by atoms with Gasteiger partial charge >= 0.3 is 6.16 Å². The number of fused-ring (bicyclic) bond motifs is 5. The summed E-state index contributed by atoms with van der Waals surface area (Å²) in [5.41, 5.74) is 5.03. The molecule has 0 radical (unpaired) electrons. The van der Waals surface area contributed by atoms with E-state index in [2.05, 4.69) is 0 Å². The number of rotatable bonds is 2. The van der Waals surface area contributed by atoms with Gasteiger partial charge in [0.2, 0.25) is 5.79 Å². The summed E-state index contributed by atoms with van der Waals surface area (Å²) in [5.74, 6) is -1.15. The lowest BCUT2D eigenvalue weighted by Crippen LogP contribution is -2.38. The Labute approximate surface area is 178 Å². The van der Waals surface area contributed by atoms with E-state index in [0.29, 0.717) is 19.6 Å². The Bertz CT molecular complexity index is 1190. The fourth-order valence-electron chi connectivity index (χ4n) is 5.73. The van der Waals surface area contributed by atoms with Crippen LogP contribution in [0.25, 0.3) is 0 Å². The van der Waals surface area contributed by atoms with Crippen LogP contribution in [-0.4, -0.2) is 43.9 Å². The monoisotopic (exact) mass is 417 g/mol. The van der Waals surface area contributed by atoms with Crippen LogP contribution in [0.2, 0.25) is 0 Å². The number of Topliss-reactive ketones (excluding diaryl/α,β-unsaturated/α-hetero) is 1. The number of para-hydroxylation sites is 1. The number of hydrogen-bond acceptors (Lipinski definition) is 7. The van der Waals surface area contributed by atoms with E-state index in [-0.39, 0.29) is 24.4 Å². The van der Waals surface area contributed by atoms with Gasteiger partial charge in [-0.25, -0.2) is 4.79 Å². The van der Waals surface area contributed by atoms with Gasteiger partial charge in [-0.2, -0.15) is 0 Å². The van der Waals surface area contributed by atoms with Crippen molar-refractivity contribution in [2.24, 2.45) is 0 Å². The molecule has 2 fully saturated rings. The number of allylic oxidation sites excluding steroid dienone is 1. The molecule has 5 aliphatic rings. The molecule has 7 heteroatoms. The first kappa shape index (κ1) is 17.5. The van der Waals surface area contributed by atoms with E-state index in [1.54, 1.807) is 0 Å². The summed E-state index contributed by atoms with van der Waals surface area (Å²) < 4.78 is 23.3. The van der Waals surface area contributed by atoms with Gasteiger partial charge in [0.1, 0.15) is 6.61 Å². The average Bonchev–Trinajstić information content (AvgIpc) is 3.49. The first-order chi connectivity index (χ1) is 15.2. The van der Waals surface area contributed by atoms with Crippen molar-refractivity contribution in [1.82, 2.24) is 0 Å². The molecule has 1 aliphatic carbocycles. The van der Waals surface area contributed by atoms with E-state index < -0.39 is 18.0 Å². The van der Waals surface area contributed by atoms with E-state index in [0.717, 1.165) is 33.6 Å². The van der Waals surface area contributed by atoms with Crippen molar-refractivity contribution in [3.05, 3.63) is 76.5 Å². The third-order valence-corrected chi connectivity index (χ3v) is 6.90. The van der Waals surface area contributed by atoms with Crippen molar-refractivity contribution < 1.29 is 28.5 Å². The van der Waals surface area contributed by atoms with Crippen LogP contribution in [0.1, 0.15) is 33.8 Å². The average molecular weight is 417 g/mol. The van der Waals surface area contributed by atoms with Gasteiger partial charge in [-0.3, -0.25) is 4.79 Å². The summed E-state index contributed by atoms with van der Waals surface area (Å²) in [7, 11) is 0. The van der Waals surface area contributed by atoms with Crippen molar-refractivity contribution in [3.63, 3.8) is 0 Å². The highest BCUT2D eigenvalue weighted by Crippen LogP contribution is 2.59. The summed E-state index contributed by atoms with van der Waals surface area (Å²) in [4.78, 5) is 27.3. The summed E-state index contributed by atoms with van der Waals surface area (Å²) in [6.07, 6.45) is -0.527. The second-order valence-corrected chi connectivity index (χ2v) is 8.56. The Morgan fingerprint density at radius 3 is 2.74 bits per heavy atom. The molecule has 1 spiro atoms. The molecule has 0 aromatic heterocycles. The van der Waals surface area contributed by atoms with Gasteiger partial charge in [-0.05, 0) is 18.1 Å². The lowest BCUT2D eigenvalue weighted by molar-refractivity contribution is -0.141. The molecule has 4 atom stereocenters. The van der Waals surface area contributed by atoms with Crippen LogP contribution in [-0.2, 0) is 24.7 Å². The molecular formula is C24H19NO6. The molecule has 2 aromatic carbocycles. The van der Waals surface area contributed by atoms with E-state index in [9.17, 15) is 9.59 Å². The zero-order valence-corrected chi connectivity index (χ0v) is 16.6. The molecule has 1 unspecified atom stereocenters. The minimum atomic E-state index is -1.12. The number of benzene rings is 2. The van der Waals surface area contributed by atoms with E-state index in [1.165, 1.54) is 0 Å². The second kappa shape index (κ2) is 5.96. The van der Waals surface area contributed by atoms with Crippen LogP contribution in [0.5, 0.6) is 0 Å². The first-order valence-corrected chi connectivity index (χ1v) is 10.6. The molecule has 31 heavy (non-hydrogen) atoms. The number of anilines is 1. The van der Waals surface area contributed by atoms with Gasteiger partial charge in [0.05, 0.1) is 30.6 Å². The van der Waals surface area contributed by atoms with Crippen LogP contribution in [0.4, 0.5) is 10.5 Å². The second-order valence-electron chi connectivity index (χ2n) is 8.56. The highest BCUT2D eigenvalue weighted by Gasteiger charge is 2.61. The third-order valence-electron chi connectivity index (χ3n) is 6.90. The predicted molar refractivity (Wildman–Crippen MR) is 108 cm³/mol. The summed E-state index contributed by atoms with van der Waals surface area (Å²) >= 11 is 0. The lowest BCUT2D eigenvalue weighted by Gasteiger charge is -2.30. The van der Waals surface area contributed by atoms with Crippen LogP contribution in [0.3, 0.4) is 0 Å². The van der Waals surface area contributed by atoms with Crippen molar-refractivity contribution in [2.45, 2.75) is 30.3 Å². The molecule has 4 heterocycles. The molecule has 2 aromatic rings. The van der Waals surface area contributed by atoms with Crippen molar-refractivity contribution in [2.75, 3.05) is 24.7 Å².